The molecule has 0 aromatic heterocycles. The summed E-state index contributed by atoms with van der Waals surface area (Å²) in [5.41, 5.74) is 0. The maximum Gasteiger partial charge on any atom is 0.330 e. The molecule has 0 aliphatic heterocycles. The van der Waals surface area contributed by atoms with Crippen LogP contribution >= 0.6 is 38.7 Å². The Balaban J connectivity index is -0.000000234. The predicted molar refractivity (Wildman–Crippen MR) is 85.1 cm³/mol. The van der Waals surface area contributed by atoms with Crippen molar-refractivity contribution >= 4 is 38.7 Å². The van der Waals surface area contributed by atoms with Gasteiger partial charge in [-0.15, -0.1) is 0 Å². The van der Waals surface area contributed by atoms with Gasteiger partial charge < -0.3 is 29.4 Å². The molecule has 9 nitrogen and oxygen atoms in total. The lowest BCUT2D eigenvalue weighted by atomic mass is 10.3. The van der Waals surface area contributed by atoms with Crippen molar-refractivity contribution in [1.82, 2.24) is 0 Å². The summed E-state index contributed by atoms with van der Waals surface area (Å²) in [6.07, 6.45) is -0.139. The lowest BCUT2D eigenvalue weighted by Crippen LogP contribution is -2.13. The Hall–Kier alpha value is 0.930. The van der Waals surface area contributed by atoms with E-state index in [2.05, 4.69) is 15.9 Å². The van der Waals surface area contributed by atoms with E-state index in [-0.39, 0.29) is 12.3 Å². The van der Waals surface area contributed by atoms with Crippen molar-refractivity contribution in [1.29, 1.82) is 0 Å². The van der Waals surface area contributed by atoms with Crippen LogP contribution in [0.25, 0.3) is 0 Å². The highest BCUT2D eigenvalue weighted by Gasteiger charge is 2.31. The van der Waals surface area contributed by atoms with Gasteiger partial charge in [0, 0.05) is 11.5 Å². The number of alkyl halides is 1. The van der Waals surface area contributed by atoms with Crippen LogP contribution in [0.15, 0.2) is 0 Å². The Labute approximate surface area is 132 Å². The summed E-state index contributed by atoms with van der Waals surface area (Å²) in [6.45, 7) is 5.97. The molecule has 6 N–H and O–H groups in total. The molecule has 0 fully saturated rings. The minimum atomic E-state index is -3.85. The van der Waals surface area contributed by atoms with E-state index >= 15 is 0 Å². The van der Waals surface area contributed by atoms with Gasteiger partial charge in [0.2, 0.25) is 0 Å². The molecular formula is C8H24BrO9P3. The quantitative estimate of drug-likeness (QED) is 0.284. The molecule has 0 heterocycles. The molecule has 0 rings (SSSR count). The van der Waals surface area contributed by atoms with Crippen LogP contribution in [0.5, 0.6) is 0 Å². The van der Waals surface area contributed by atoms with E-state index in [1.54, 1.807) is 0 Å². The van der Waals surface area contributed by atoms with E-state index in [9.17, 15) is 13.7 Å². The van der Waals surface area contributed by atoms with Crippen LogP contribution in [-0.4, -0.2) is 52.2 Å². The van der Waals surface area contributed by atoms with Crippen LogP contribution < -0.4 is 0 Å². The van der Waals surface area contributed by atoms with Crippen LogP contribution in [0.2, 0.25) is 0 Å². The number of hydrogen-bond acceptors (Lipinski definition) is 3. The fourth-order valence-corrected chi connectivity index (χ4v) is 1.72. The molecule has 0 spiro atoms. The molecule has 13 heteroatoms. The van der Waals surface area contributed by atoms with Gasteiger partial charge in [0.1, 0.15) is 0 Å². The molecule has 21 heavy (non-hydrogen) atoms. The van der Waals surface area contributed by atoms with Gasteiger partial charge >= 0.3 is 22.8 Å². The first kappa shape index (κ1) is 26.8. The highest BCUT2D eigenvalue weighted by molar-refractivity contribution is 9.09. The second-order valence-corrected chi connectivity index (χ2v) is 11.7. The maximum atomic E-state index is 10.3. The van der Waals surface area contributed by atoms with Gasteiger partial charge in [0.15, 0.2) is 0 Å². The zero-order chi connectivity index (χ0) is 18.1. The third kappa shape index (κ3) is 26.2. The molecule has 0 radical (unpaired) electrons. The molecule has 0 saturated carbocycles. The SMILES string of the molecule is CC(C)(C)P(=O)(O)O.CCP(=O)(O)O.O=P(O)(O)CCBr. The monoisotopic (exact) mass is 436 g/mol. The lowest BCUT2D eigenvalue weighted by molar-refractivity contribution is 0.342. The lowest BCUT2D eigenvalue weighted by Gasteiger charge is -2.18. The van der Waals surface area contributed by atoms with Gasteiger partial charge in [-0.3, -0.25) is 13.7 Å². The summed E-state index contributed by atoms with van der Waals surface area (Å²) >= 11 is 2.89. The van der Waals surface area contributed by atoms with E-state index in [0.717, 1.165) is 0 Å². The molecule has 0 bridgehead atoms. The molecule has 0 aliphatic rings. The first-order valence-corrected chi connectivity index (χ1v) is 11.9. The second kappa shape index (κ2) is 10.7. The molecule has 0 atom stereocenters. The van der Waals surface area contributed by atoms with Gasteiger partial charge in [0.05, 0.1) is 11.3 Å². The zero-order valence-electron chi connectivity index (χ0n) is 12.2. The van der Waals surface area contributed by atoms with Crippen molar-refractivity contribution in [3.63, 3.8) is 0 Å². The highest BCUT2D eigenvalue weighted by atomic mass is 79.9. The largest absolute Gasteiger partial charge is 0.330 e. The van der Waals surface area contributed by atoms with Gasteiger partial charge in [0.25, 0.3) is 0 Å². The highest BCUT2D eigenvalue weighted by Crippen LogP contribution is 2.49. The predicted octanol–water partition coefficient (Wildman–Crippen LogP) is 1.71. The first-order chi connectivity index (χ1) is 8.87. The van der Waals surface area contributed by atoms with Gasteiger partial charge in [-0.1, -0.05) is 22.9 Å². The van der Waals surface area contributed by atoms with E-state index in [0.29, 0.717) is 5.33 Å². The van der Waals surface area contributed by atoms with Crippen LogP contribution in [0.3, 0.4) is 0 Å². The van der Waals surface area contributed by atoms with Crippen molar-refractivity contribution in [2.45, 2.75) is 32.9 Å². The van der Waals surface area contributed by atoms with Crippen LogP contribution in [0.1, 0.15) is 27.7 Å². The first-order valence-electron chi connectivity index (χ1n) is 5.58. The molecule has 0 aliphatic carbocycles. The van der Waals surface area contributed by atoms with Crippen molar-refractivity contribution in [3.8, 4) is 0 Å². The summed E-state index contributed by atoms with van der Waals surface area (Å²) in [4.78, 5) is 49.0. The van der Waals surface area contributed by atoms with Crippen molar-refractivity contribution in [3.05, 3.63) is 0 Å². The zero-order valence-corrected chi connectivity index (χ0v) is 16.5. The van der Waals surface area contributed by atoms with Crippen molar-refractivity contribution < 1.29 is 43.1 Å². The van der Waals surface area contributed by atoms with Crippen LogP contribution in [-0.2, 0) is 13.7 Å². The standard InChI is InChI=1S/C4H11O3P.C2H6BrO3P.C2H7O3P/c1-4(2,3)8(5,6)7;3-1-2-7(4,5)6;1-2-6(3,4)5/h1-3H3,(H2,5,6,7);1-2H2,(H2,4,5,6);2H2,1H3,(H2,3,4,5). The molecule has 0 unspecified atom stereocenters. The Bertz CT molecular complexity index is 402. The molecule has 132 valence electrons. The minimum absolute atomic E-state index is 0.0625. The van der Waals surface area contributed by atoms with E-state index in [1.807, 2.05) is 0 Å². The fraction of sp³-hybridized carbons (Fsp3) is 1.00. The smallest absolute Gasteiger partial charge is 0.324 e. The second-order valence-electron chi connectivity index (χ2n) is 4.77. The normalized spacial score (nSPS) is 12.7. The summed E-state index contributed by atoms with van der Waals surface area (Å²) in [7, 11) is -11.2. The number of halogens is 1. The number of hydrogen-bond donors (Lipinski definition) is 6. The molecule has 0 amide bonds. The molecule has 0 aromatic carbocycles. The summed E-state index contributed by atoms with van der Waals surface area (Å²) in [5.74, 6) is 0. The Morgan fingerprint density at radius 3 is 1.10 bits per heavy atom. The van der Waals surface area contributed by atoms with E-state index in [4.69, 9.17) is 29.4 Å². The summed E-state index contributed by atoms with van der Waals surface area (Å²) in [5, 5.41) is -0.537. The van der Waals surface area contributed by atoms with Gasteiger partial charge in [-0.25, -0.2) is 0 Å². The van der Waals surface area contributed by atoms with E-state index < -0.39 is 27.9 Å². The van der Waals surface area contributed by atoms with Crippen molar-refractivity contribution in [2.24, 2.45) is 0 Å². The Morgan fingerprint density at radius 1 is 0.857 bits per heavy atom. The fourth-order valence-electron chi connectivity index (χ4n) is 0.110. The van der Waals surface area contributed by atoms with Gasteiger partial charge in [-0.05, 0) is 20.8 Å². The Kier molecular flexibility index (Phi) is 13.6. The minimum Gasteiger partial charge on any atom is -0.324 e. The van der Waals surface area contributed by atoms with E-state index in [1.165, 1.54) is 27.7 Å². The average Bonchev–Trinajstić information content (AvgIpc) is 2.13. The van der Waals surface area contributed by atoms with Crippen LogP contribution in [0.4, 0.5) is 0 Å². The third-order valence-corrected chi connectivity index (χ3v) is 6.05. The Morgan fingerprint density at radius 2 is 1.10 bits per heavy atom. The summed E-state index contributed by atoms with van der Waals surface area (Å²) in [6, 6.07) is 0. The third-order valence-electron chi connectivity index (χ3n) is 1.66. The molecule has 0 aromatic rings. The topological polar surface area (TPSA) is 173 Å². The molecular weight excluding hydrogens is 413 g/mol. The van der Waals surface area contributed by atoms with Gasteiger partial charge in [-0.2, -0.15) is 0 Å². The average molecular weight is 437 g/mol. The maximum absolute atomic E-state index is 10.3. The van der Waals surface area contributed by atoms with Crippen molar-refractivity contribution in [2.75, 3.05) is 17.7 Å². The van der Waals surface area contributed by atoms with Crippen LogP contribution in [0, 0.1) is 0 Å². The summed E-state index contributed by atoms with van der Waals surface area (Å²) < 4.78 is 29.9. The molecule has 0 saturated heterocycles. The number of rotatable bonds is 3.